The SMILES string of the molecule is O[C@H](CN1CCN(c2cccc(Cl)c2)CC1)c1ccccc1. The molecule has 0 radical (unpaired) electrons. The number of β-amino-alcohol motifs (C(OH)–C–C–N with tert-alkyl or cyclic N) is 1. The number of halogens is 1. The van der Waals surface area contributed by atoms with Crippen molar-refractivity contribution in [3.63, 3.8) is 0 Å². The zero-order chi connectivity index (χ0) is 15.4. The molecule has 1 saturated heterocycles. The van der Waals surface area contributed by atoms with Crippen LogP contribution in [0.3, 0.4) is 0 Å². The maximum Gasteiger partial charge on any atom is 0.0916 e. The summed E-state index contributed by atoms with van der Waals surface area (Å²) in [5.74, 6) is 0. The van der Waals surface area contributed by atoms with Gasteiger partial charge in [-0.3, -0.25) is 4.90 Å². The number of aliphatic hydroxyl groups excluding tert-OH is 1. The smallest absolute Gasteiger partial charge is 0.0916 e. The molecule has 2 aromatic carbocycles. The Hall–Kier alpha value is -1.55. The quantitative estimate of drug-likeness (QED) is 0.938. The Morgan fingerprint density at radius 3 is 2.36 bits per heavy atom. The van der Waals surface area contributed by atoms with Crippen LogP contribution in [0.15, 0.2) is 54.6 Å². The van der Waals surface area contributed by atoms with E-state index in [1.54, 1.807) is 0 Å². The van der Waals surface area contributed by atoms with Gasteiger partial charge < -0.3 is 10.0 Å². The standard InChI is InChI=1S/C18H21ClN2O/c19-16-7-4-8-17(13-16)21-11-9-20(10-12-21)14-18(22)15-5-2-1-3-6-15/h1-8,13,18,22H,9-12,14H2/t18-/m1/s1. The van der Waals surface area contributed by atoms with Crippen LogP contribution < -0.4 is 4.90 Å². The third-order valence-corrected chi connectivity index (χ3v) is 4.40. The molecular weight excluding hydrogens is 296 g/mol. The Morgan fingerprint density at radius 2 is 1.68 bits per heavy atom. The number of aliphatic hydroxyl groups is 1. The summed E-state index contributed by atoms with van der Waals surface area (Å²) in [5.41, 5.74) is 2.16. The summed E-state index contributed by atoms with van der Waals surface area (Å²) >= 11 is 6.06. The van der Waals surface area contributed by atoms with Crippen molar-refractivity contribution in [3.8, 4) is 0 Å². The van der Waals surface area contributed by atoms with E-state index in [1.165, 1.54) is 5.69 Å². The molecule has 2 aromatic rings. The summed E-state index contributed by atoms with van der Waals surface area (Å²) in [6, 6.07) is 17.9. The van der Waals surface area contributed by atoms with E-state index in [-0.39, 0.29) is 0 Å². The molecule has 4 heteroatoms. The lowest BCUT2D eigenvalue weighted by Gasteiger charge is -2.37. The average Bonchev–Trinajstić information content (AvgIpc) is 2.56. The molecule has 0 bridgehead atoms. The predicted molar refractivity (Wildman–Crippen MR) is 91.5 cm³/mol. The highest BCUT2D eigenvalue weighted by Gasteiger charge is 2.20. The van der Waals surface area contributed by atoms with Crippen LogP contribution in [-0.4, -0.2) is 42.7 Å². The maximum absolute atomic E-state index is 10.3. The first kappa shape index (κ1) is 15.3. The van der Waals surface area contributed by atoms with E-state index < -0.39 is 6.10 Å². The van der Waals surface area contributed by atoms with Gasteiger partial charge >= 0.3 is 0 Å². The zero-order valence-electron chi connectivity index (χ0n) is 12.5. The second kappa shape index (κ2) is 7.14. The number of piperazine rings is 1. The fourth-order valence-corrected chi connectivity index (χ4v) is 3.07. The van der Waals surface area contributed by atoms with E-state index in [0.717, 1.165) is 36.8 Å². The largest absolute Gasteiger partial charge is 0.387 e. The van der Waals surface area contributed by atoms with Gasteiger partial charge in [-0.05, 0) is 23.8 Å². The topological polar surface area (TPSA) is 26.7 Å². The minimum Gasteiger partial charge on any atom is -0.387 e. The second-order valence-corrected chi connectivity index (χ2v) is 6.13. The monoisotopic (exact) mass is 316 g/mol. The van der Waals surface area contributed by atoms with Gasteiger partial charge in [0.2, 0.25) is 0 Å². The molecule has 0 spiro atoms. The number of anilines is 1. The van der Waals surface area contributed by atoms with Gasteiger partial charge in [-0.15, -0.1) is 0 Å². The number of nitrogens with zero attached hydrogens (tertiary/aromatic N) is 2. The summed E-state index contributed by atoms with van der Waals surface area (Å²) in [4.78, 5) is 4.66. The number of benzene rings is 2. The molecule has 0 unspecified atom stereocenters. The van der Waals surface area contributed by atoms with Crippen LogP contribution in [0, 0.1) is 0 Å². The van der Waals surface area contributed by atoms with Crippen LogP contribution in [0.2, 0.25) is 5.02 Å². The second-order valence-electron chi connectivity index (χ2n) is 5.69. The number of hydrogen-bond donors (Lipinski definition) is 1. The highest BCUT2D eigenvalue weighted by atomic mass is 35.5. The molecule has 3 nitrogen and oxygen atoms in total. The summed E-state index contributed by atoms with van der Waals surface area (Å²) < 4.78 is 0. The van der Waals surface area contributed by atoms with Crippen LogP contribution in [0.4, 0.5) is 5.69 Å². The van der Waals surface area contributed by atoms with Crippen molar-refractivity contribution in [1.82, 2.24) is 4.90 Å². The lowest BCUT2D eigenvalue weighted by Crippen LogP contribution is -2.47. The van der Waals surface area contributed by atoms with Gasteiger partial charge in [0.05, 0.1) is 6.10 Å². The van der Waals surface area contributed by atoms with E-state index in [9.17, 15) is 5.11 Å². The van der Waals surface area contributed by atoms with Crippen LogP contribution in [0.25, 0.3) is 0 Å². The van der Waals surface area contributed by atoms with Gasteiger partial charge in [-0.1, -0.05) is 48.0 Å². The van der Waals surface area contributed by atoms with Crippen molar-refractivity contribution in [2.24, 2.45) is 0 Å². The Balaban J connectivity index is 1.54. The molecule has 1 aliphatic heterocycles. The first-order valence-electron chi connectivity index (χ1n) is 7.68. The molecule has 1 atom stereocenters. The van der Waals surface area contributed by atoms with Gasteiger partial charge in [0, 0.05) is 43.4 Å². The minimum absolute atomic E-state index is 0.418. The zero-order valence-corrected chi connectivity index (χ0v) is 13.3. The van der Waals surface area contributed by atoms with E-state index in [0.29, 0.717) is 6.54 Å². The Morgan fingerprint density at radius 1 is 0.955 bits per heavy atom. The van der Waals surface area contributed by atoms with Crippen LogP contribution in [0.1, 0.15) is 11.7 Å². The molecule has 0 aliphatic carbocycles. The van der Waals surface area contributed by atoms with Crippen LogP contribution in [-0.2, 0) is 0 Å². The van der Waals surface area contributed by atoms with Crippen molar-refractivity contribution in [1.29, 1.82) is 0 Å². The summed E-state index contributed by atoms with van der Waals surface area (Å²) in [6.45, 7) is 4.52. The summed E-state index contributed by atoms with van der Waals surface area (Å²) in [6.07, 6.45) is -0.418. The number of rotatable bonds is 4. The Kier molecular flexibility index (Phi) is 4.98. The first-order valence-corrected chi connectivity index (χ1v) is 8.06. The lowest BCUT2D eigenvalue weighted by atomic mass is 10.1. The van der Waals surface area contributed by atoms with E-state index in [1.807, 2.05) is 48.5 Å². The fourth-order valence-electron chi connectivity index (χ4n) is 2.89. The molecule has 0 amide bonds. The van der Waals surface area contributed by atoms with E-state index in [2.05, 4.69) is 15.9 Å². The Labute approximate surface area is 136 Å². The van der Waals surface area contributed by atoms with Gasteiger partial charge in [0.25, 0.3) is 0 Å². The molecule has 1 aliphatic rings. The number of hydrogen-bond acceptors (Lipinski definition) is 3. The minimum atomic E-state index is -0.418. The normalized spacial score (nSPS) is 17.5. The van der Waals surface area contributed by atoms with Crippen molar-refractivity contribution in [3.05, 3.63) is 65.2 Å². The summed E-state index contributed by atoms with van der Waals surface area (Å²) in [5, 5.41) is 11.1. The molecule has 1 heterocycles. The average molecular weight is 317 g/mol. The first-order chi connectivity index (χ1) is 10.7. The van der Waals surface area contributed by atoms with Crippen LogP contribution in [0.5, 0.6) is 0 Å². The predicted octanol–water partition coefficient (Wildman–Crippen LogP) is 3.20. The molecule has 3 rings (SSSR count). The van der Waals surface area contributed by atoms with Gasteiger partial charge in [0.15, 0.2) is 0 Å². The Bertz CT molecular complexity index is 597. The molecule has 0 saturated carbocycles. The summed E-state index contributed by atoms with van der Waals surface area (Å²) in [7, 11) is 0. The maximum atomic E-state index is 10.3. The molecule has 1 fully saturated rings. The molecule has 1 N–H and O–H groups in total. The van der Waals surface area contributed by atoms with E-state index >= 15 is 0 Å². The molecule has 116 valence electrons. The highest BCUT2D eigenvalue weighted by molar-refractivity contribution is 6.30. The third kappa shape index (κ3) is 3.80. The van der Waals surface area contributed by atoms with Crippen molar-refractivity contribution >= 4 is 17.3 Å². The highest BCUT2D eigenvalue weighted by Crippen LogP contribution is 2.21. The lowest BCUT2D eigenvalue weighted by molar-refractivity contribution is 0.109. The molecule has 22 heavy (non-hydrogen) atoms. The van der Waals surface area contributed by atoms with Gasteiger partial charge in [-0.25, -0.2) is 0 Å². The molecular formula is C18H21ClN2O. The molecule has 0 aromatic heterocycles. The fraction of sp³-hybridized carbons (Fsp3) is 0.333. The van der Waals surface area contributed by atoms with Crippen molar-refractivity contribution in [2.45, 2.75) is 6.10 Å². The third-order valence-electron chi connectivity index (χ3n) is 4.16. The van der Waals surface area contributed by atoms with Crippen molar-refractivity contribution in [2.75, 3.05) is 37.6 Å². The van der Waals surface area contributed by atoms with Gasteiger partial charge in [0.1, 0.15) is 0 Å². The van der Waals surface area contributed by atoms with Crippen molar-refractivity contribution < 1.29 is 5.11 Å². The van der Waals surface area contributed by atoms with Gasteiger partial charge in [-0.2, -0.15) is 0 Å². The van der Waals surface area contributed by atoms with E-state index in [4.69, 9.17) is 11.6 Å². The van der Waals surface area contributed by atoms with Crippen LogP contribution >= 0.6 is 11.6 Å².